The van der Waals surface area contributed by atoms with Gasteiger partial charge in [-0.2, -0.15) is 0 Å². The van der Waals surface area contributed by atoms with Gasteiger partial charge in [0.05, 0.1) is 25.0 Å². The third-order valence-electron chi connectivity index (χ3n) is 2.91. The van der Waals surface area contributed by atoms with Gasteiger partial charge in [-0.15, -0.1) is 17.7 Å². The molecule has 0 unspecified atom stereocenters. The zero-order valence-electron chi connectivity index (χ0n) is 10.3. The standard InChI is InChI=1S/C12H11FN4O2S/c13-8-2-1-3-9(4-8)17-6-10(19-12(17)18)5-16-7-11(20)14-15-16/h1-4,7,10,20H,5-6H2/t10-/m0/s1. The van der Waals surface area contributed by atoms with E-state index in [4.69, 9.17) is 4.74 Å². The molecule has 104 valence electrons. The number of hydrogen-bond donors (Lipinski definition) is 1. The molecule has 20 heavy (non-hydrogen) atoms. The molecule has 0 bridgehead atoms. The Morgan fingerprint density at radius 2 is 2.35 bits per heavy atom. The van der Waals surface area contributed by atoms with Crippen molar-refractivity contribution in [3.63, 3.8) is 0 Å². The molecule has 1 saturated heterocycles. The lowest BCUT2D eigenvalue weighted by molar-refractivity contribution is 0.129. The van der Waals surface area contributed by atoms with E-state index in [0.29, 0.717) is 23.8 Å². The second-order valence-corrected chi connectivity index (χ2v) is 4.85. The summed E-state index contributed by atoms with van der Waals surface area (Å²) >= 11 is 4.05. The van der Waals surface area contributed by atoms with Gasteiger partial charge in [-0.25, -0.2) is 13.9 Å². The molecule has 1 aromatic carbocycles. The fourth-order valence-corrected chi connectivity index (χ4v) is 2.23. The van der Waals surface area contributed by atoms with Gasteiger partial charge in [-0.3, -0.25) is 4.90 Å². The Morgan fingerprint density at radius 3 is 3.05 bits per heavy atom. The van der Waals surface area contributed by atoms with E-state index in [-0.39, 0.29) is 6.10 Å². The topological polar surface area (TPSA) is 60.3 Å². The van der Waals surface area contributed by atoms with Crippen molar-refractivity contribution in [3.05, 3.63) is 36.3 Å². The van der Waals surface area contributed by atoms with Gasteiger partial charge in [0.2, 0.25) is 0 Å². The van der Waals surface area contributed by atoms with Crippen LogP contribution in [0.4, 0.5) is 14.9 Å². The highest BCUT2D eigenvalue weighted by molar-refractivity contribution is 7.80. The number of thiol groups is 1. The quantitative estimate of drug-likeness (QED) is 0.876. The SMILES string of the molecule is O=C1O[C@@H](Cn2cc(S)nn2)CN1c1cccc(F)c1. The Labute approximate surface area is 119 Å². The number of rotatable bonds is 3. The number of halogens is 1. The number of nitrogens with zero attached hydrogens (tertiary/aromatic N) is 4. The van der Waals surface area contributed by atoms with E-state index in [1.54, 1.807) is 23.0 Å². The lowest BCUT2D eigenvalue weighted by Gasteiger charge is -2.12. The molecule has 1 amide bonds. The molecular formula is C12H11FN4O2S. The highest BCUT2D eigenvalue weighted by Crippen LogP contribution is 2.22. The minimum absolute atomic E-state index is 0.337. The van der Waals surface area contributed by atoms with Crippen LogP contribution < -0.4 is 4.90 Å². The lowest BCUT2D eigenvalue weighted by Crippen LogP contribution is -2.26. The molecule has 2 heterocycles. The van der Waals surface area contributed by atoms with Crippen LogP contribution in [-0.4, -0.2) is 33.7 Å². The van der Waals surface area contributed by atoms with Crippen molar-refractivity contribution in [1.82, 2.24) is 15.0 Å². The third-order valence-corrected chi connectivity index (χ3v) is 3.12. The maximum atomic E-state index is 13.2. The summed E-state index contributed by atoms with van der Waals surface area (Å²) in [6.45, 7) is 0.717. The summed E-state index contributed by atoms with van der Waals surface area (Å²) in [7, 11) is 0. The van der Waals surface area contributed by atoms with Gasteiger partial charge in [-0.1, -0.05) is 11.3 Å². The van der Waals surface area contributed by atoms with Gasteiger partial charge >= 0.3 is 6.09 Å². The van der Waals surface area contributed by atoms with Crippen molar-refractivity contribution >= 4 is 24.4 Å². The second-order valence-electron chi connectivity index (χ2n) is 4.40. The molecule has 0 aliphatic carbocycles. The first kappa shape index (κ1) is 12.9. The van der Waals surface area contributed by atoms with E-state index in [1.165, 1.54) is 17.0 Å². The van der Waals surface area contributed by atoms with Crippen LogP contribution in [-0.2, 0) is 11.3 Å². The first-order chi connectivity index (χ1) is 9.61. The van der Waals surface area contributed by atoms with Crippen LogP contribution >= 0.6 is 12.6 Å². The maximum absolute atomic E-state index is 13.2. The van der Waals surface area contributed by atoms with Crippen LogP contribution in [0.3, 0.4) is 0 Å². The molecule has 2 aromatic rings. The van der Waals surface area contributed by atoms with E-state index in [2.05, 4.69) is 22.9 Å². The van der Waals surface area contributed by atoms with Crippen molar-refractivity contribution in [2.45, 2.75) is 17.7 Å². The van der Waals surface area contributed by atoms with Crippen LogP contribution in [0.15, 0.2) is 35.5 Å². The van der Waals surface area contributed by atoms with E-state index in [0.717, 1.165) is 0 Å². The number of cyclic esters (lactones) is 1. The normalized spacial score (nSPS) is 18.4. The average Bonchev–Trinajstić information content (AvgIpc) is 2.96. The Bertz CT molecular complexity index is 648. The summed E-state index contributed by atoms with van der Waals surface area (Å²) < 4.78 is 20.0. The Balaban J connectivity index is 1.72. The molecule has 1 aliphatic rings. The smallest absolute Gasteiger partial charge is 0.414 e. The van der Waals surface area contributed by atoms with E-state index < -0.39 is 11.9 Å². The molecule has 0 radical (unpaired) electrons. The van der Waals surface area contributed by atoms with Crippen molar-refractivity contribution in [2.24, 2.45) is 0 Å². The Hall–Kier alpha value is -2.09. The van der Waals surface area contributed by atoms with Crippen LogP contribution in [0.25, 0.3) is 0 Å². The van der Waals surface area contributed by atoms with Gasteiger partial charge in [0.15, 0.2) is 0 Å². The van der Waals surface area contributed by atoms with E-state index in [9.17, 15) is 9.18 Å². The molecule has 1 fully saturated rings. The van der Waals surface area contributed by atoms with Crippen molar-refractivity contribution in [3.8, 4) is 0 Å². The first-order valence-electron chi connectivity index (χ1n) is 5.94. The number of ether oxygens (including phenoxy) is 1. The molecule has 0 saturated carbocycles. The monoisotopic (exact) mass is 294 g/mol. The molecule has 1 atom stereocenters. The number of amides is 1. The summed E-state index contributed by atoms with van der Waals surface area (Å²) in [5, 5.41) is 8.07. The molecule has 0 spiro atoms. The van der Waals surface area contributed by atoms with Gasteiger partial charge in [-0.05, 0) is 18.2 Å². The van der Waals surface area contributed by atoms with Crippen LogP contribution in [0, 0.1) is 5.82 Å². The lowest BCUT2D eigenvalue weighted by atomic mass is 10.2. The van der Waals surface area contributed by atoms with E-state index in [1.807, 2.05) is 0 Å². The van der Waals surface area contributed by atoms with Crippen LogP contribution in [0.2, 0.25) is 0 Å². The van der Waals surface area contributed by atoms with Crippen molar-refractivity contribution < 1.29 is 13.9 Å². The van der Waals surface area contributed by atoms with E-state index >= 15 is 0 Å². The summed E-state index contributed by atoms with van der Waals surface area (Å²) in [6, 6.07) is 5.83. The third kappa shape index (κ3) is 2.60. The van der Waals surface area contributed by atoms with Gasteiger partial charge in [0.1, 0.15) is 16.9 Å². The number of carbonyl (C=O) groups excluding carboxylic acids is 1. The summed E-state index contributed by atoms with van der Waals surface area (Å²) in [5.74, 6) is -0.394. The van der Waals surface area contributed by atoms with Crippen LogP contribution in [0.5, 0.6) is 0 Å². The van der Waals surface area contributed by atoms with Gasteiger partial charge in [0.25, 0.3) is 0 Å². The predicted octanol–water partition coefficient (Wildman–Crippen LogP) is 1.73. The molecular weight excluding hydrogens is 283 g/mol. The maximum Gasteiger partial charge on any atom is 0.414 e. The first-order valence-corrected chi connectivity index (χ1v) is 6.39. The molecule has 1 aromatic heterocycles. The number of benzene rings is 1. The number of carbonyl (C=O) groups is 1. The molecule has 6 nitrogen and oxygen atoms in total. The summed E-state index contributed by atoms with van der Waals surface area (Å²) in [5.41, 5.74) is 0.478. The van der Waals surface area contributed by atoms with Crippen LogP contribution in [0.1, 0.15) is 0 Å². The fraction of sp³-hybridized carbons (Fsp3) is 0.250. The molecule has 8 heteroatoms. The zero-order chi connectivity index (χ0) is 14.1. The molecule has 1 aliphatic heterocycles. The predicted molar refractivity (Wildman–Crippen MR) is 71.3 cm³/mol. The van der Waals surface area contributed by atoms with Crippen molar-refractivity contribution in [1.29, 1.82) is 0 Å². The summed E-state index contributed by atoms with van der Waals surface area (Å²) in [6.07, 6.45) is 0.786. The zero-order valence-corrected chi connectivity index (χ0v) is 11.2. The number of anilines is 1. The Kier molecular flexibility index (Phi) is 3.31. The van der Waals surface area contributed by atoms with Crippen molar-refractivity contribution in [2.75, 3.05) is 11.4 Å². The summed E-state index contributed by atoms with van der Waals surface area (Å²) in [4.78, 5) is 13.2. The van der Waals surface area contributed by atoms with Gasteiger partial charge in [0, 0.05) is 0 Å². The largest absolute Gasteiger partial charge is 0.442 e. The minimum Gasteiger partial charge on any atom is -0.442 e. The number of hydrogen-bond acceptors (Lipinski definition) is 5. The molecule has 0 N–H and O–H groups in total. The number of aromatic nitrogens is 3. The Morgan fingerprint density at radius 1 is 1.50 bits per heavy atom. The average molecular weight is 294 g/mol. The highest BCUT2D eigenvalue weighted by Gasteiger charge is 2.32. The fourth-order valence-electron chi connectivity index (χ4n) is 2.06. The molecule has 3 rings (SSSR count). The second kappa shape index (κ2) is 5.12. The van der Waals surface area contributed by atoms with Gasteiger partial charge < -0.3 is 4.74 Å². The highest BCUT2D eigenvalue weighted by atomic mass is 32.1. The minimum atomic E-state index is -0.494.